The Morgan fingerprint density at radius 1 is 1.18 bits per heavy atom. The van der Waals surface area contributed by atoms with Crippen LogP contribution in [0.5, 0.6) is 0 Å². The number of aryl methyl sites for hydroxylation is 1. The number of benzene rings is 2. The first-order valence-electron chi connectivity index (χ1n) is 10.1. The number of nitrogens with zero attached hydrogens (tertiary/aromatic N) is 4. The highest BCUT2D eigenvalue weighted by atomic mass is 32.2. The van der Waals surface area contributed by atoms with Gasteiger partial charge in [0.2, 0.25) is 0 Å². The van der Waals surface area contributed by atoms with Crippen LogP contribution in [0.25, 0.3) is 0 Å². The van der Waals surface area contributed by atoms with Gasteiger partial charge in [-0.1, -0.05) is 18.2 Å². The molecule has 0 radical (unpaired) electrons. The lowest BCUT2D eigenvalue weighted by molar-refractivity contribution is -0.137. The van der Waals surface area contributed by atoms with E-state index in [9.17, 15) is 26.4 Å². The van der Waals surface area contributed by atoms with E-state index in [2.05, 4.69) is 11.7 Å². The zero-order valence-corrected chi connectivity index (χ0v) is 19.3. The number of sulfonamides is 1. The first kappa shape index (κ1) is 25.0. The summed E-state index contributed by atoms with van der Waals surface area (Å²) in [6.45, 7) is 3.52. The summed E-state index contributed by atoms with van der Waals surface area (Å²) in [6.07, 6.45) is 0.0130. The summed E-state index contributed by atoms with van der Waals surface area (Å²) in [4.78, 5) is 14.1. The monoisotopic (exact) mass is 492 g/mol. The van der Waals surface area contributed by atoms with Crippen LogP contribution < -0.4 is 4.31 Å². The molecule has 0 bridgehead atoms. The van der Waals surface area contributed by atoms with Gasteiger partial charge in [-0.05, 0) is 36.4 Å². The van der Waals surface area contributed by atoms with E-state index in [0.717, 1.165) is 28.1 Å². The van der Waals surface area contributed by atoms with Crippen molar-refractivity contribution in [3.63, 3.8) is 0 Å². The number of amides is 1. The summed E-state index contributed by atoms with van der Waals surface area (Å²) in [7, 11) is -0.983. The molecule has 7 nitrogen and oxygen atoms in total. The molecule has 1 heterocycles. The molecule has 180 valence electrons. The standard InChI is InChI=1S/C23H23F3N4O3S/c1-4-11-30(20-9-6-8-19(13-20)23(24,25)26)34(32,33)21-10-5-7-18(12-21)22(31)28(2)15-17-14-27-29(3)16-17/h4-10,12-14,16H,1,11,15H2,2-3H3. The van der Waals surface area contributed by atoms with Crippen molar-refractivity contribution in [2.24, 2.45) is 7.05 Å². The van der Waals surface area contributed by atoms with Crippen LogP contribution in [0, 0.1) is 0 Å². The number of anilines is 1. The number of halogens is 3. The third-order valence-electron chi connectivity index (χ3n) is 4.95. The first-order valence-corrected chi connectivity index (χ1v) is 11.5. The first-order chi connectivity index (χ1) is 15.9. The molecule has 0 atom stereocenters. The second-order valence-corrected chi connectivity index (χ2v) is 9.45. The lowest BCUT2D eigenvalue weighted by atomic mass is 10.2. The minimum Gasteiger partial charge on any atom is -0.337 e. The van der Waals surface area contributed by atoms with Gasteiger partial charge in [0, 0.05) is 38.0 Å². The predicted molar refractivity (Wildman–Crippen MR) is 122 cm³/mol. The molecule has 0 N–H and O–H groups in total. The Labute approximate surface area is 195 Å². The highest BCUT2D eigenvalue weighted by molar-refractivity contribution is 7.92. The average molecular weight is 493 g/mol. The number of alkyl halides is 3. The largest absolute Gasteiger partial charge is 0.416 e. The Morgan fingerprint density at radius 3 is 2.50 bits per heavy atom. The minimum absolute atomic E-state index is 0.120. The molecule has 11 heteroatoms. The Bertz CT molecular complexity index is 1300. The van der Waals surface area contributed by atoms with Gasteiger partial charge in [0.15, 0.2) is 0 Å². The van der Waals surface area contributed by atoms with Gasteiger partial charge in [-0.15, -0.1) is 6.58 Å². The minimum atomic E-state index is -4.63. The highest BCUT2D eigenvalue weighted by Crippen LogP contribution is 2.33. The van der Waals surface area contributed by atoms with E-state index < -0.39 is 27.7 Å². The van der Waals surface area contributed by atoms with Gasteiger partial charge in [0.25, 0.3) is 15.9 Å². The van der Waals surface area contributed by atoms with Crippen LogP contribution in [0.1, 0.15) is 21.5 Å². The van der Waals surface area contributed by atoms with Crippen molar-refractivity contribution in [3.05, 3.63) is 90.3 Å². The summed E-state index contributed by atoms with van der Waals surface area (Å²) >= 11 is 0. The van der Waals surface area contributed by atoms with Crippen molar-refractivity contribution in [1.82, 2.24) is 14.7 Å². The van der Waals surface area contributed by atoms with E-state index in [1.807, 2.05) is 0 Å². The molecule has 3 rings (SSSR count). The summed E-state index contributed by atoms with van der Waals surface area (Å²) < 4.78 is 68.7. The van der Waals surface area contributed by atoms with E-state index in [1.54, 1.807) is 31.2 Å². The van der Waals surface area contributed by atoms with Crippen molar-refractivity contribution < 1.29 is 26.4 Å². The average Bonchev–Trinajstić information content (AvgIpc) is 3.20. The third-order valence-corrected chi connectivity index (χ3v) is 6.74. The fraction of sp³-hybridized carbons (Fsp3) is 0.217. The molecule has 0 aliphatic heterocycles. The summed E-state index contributed by atoms with van der Waals surface area (Å²) in [5.41, 5.74) is -0.228. The lowest BCUT2D eigenvalue weighted by Gasteiger charge is -2.24. The van der Waals surface area contributed by atoms with Crippen LogP contribution in [-0.2, 0) is 29.8 Å². The van der Waals surface area contributed by atoms with Crippen LogP contribution in [-0.4, -0.2) is 42.6 Å². The summed E-state index contributed by atoms with van der Waals surface area (Å²) in [5, 5.41) is 4.05. The third kappa shape index (κ3) is 5.48. The lowest BCUT2D eigenvalue weighted by Crippen LogP contribution is -2.32. The number of hydrogen-bond donors (Lipinski definition) is 0. The van der Waals surface area contributed by atoms with Crippen LogP contribution in [0.3, 0.4) is 0 Å². The molecular weight excluding hydrogens is 469 g/mol. The van der Waals surface area contributed by atoms with E-state index in [4.69, 9.17) is 0 Å². The molecule has 0 spiro atoms. The quantitative estimate of drug-likeness (QED) is 0.444. The van der Waals surface area contributed by atoms with Gasteiger partial charge in [-0.2, -0.15) is 18.3 Å². The maximum absolute atomic E-state index is 13.4. The second kappa shape index (κ2) is 9.72. The van der Waals surface area contributed by atoms with Gasteiger partial charge in [-0.25, -0.2) is 8.42 Å². The molecule has 0 fully saturated rings. The van der Waals surface area contributed by atoms with Gasteiger partial charge in [-0.3, -0.25) is 13.8 Å². The zero-order chi connectivity index (χ0) is 25.1. The summed E-state index contributed by atoms with van der Waals surface area (Å²) in [6, 6.07) is 9.42. The molecule has 3 aromatic rings. The molecule has 0 saturated heterocycles. The second-order valence-electron chi connectivity index (χ2n) is 7.58. The Kier molecular flexibility index (Phi) is 7.15. The van der Waals surface area contributed by atoms with Crippen molar-refractivity contribution in [1.29, 1.82) is 0 Å². The molecule has 0 unspecified atom stereocenters. The topological polar surface area (TPSA) is 75.5 Å². The van der Waals surface area contributed by atoms with Crippen molar-refractivity contribution >= 4 is 21.6 Å². The predicted octanol–water partition coefficient (Wildman–Crippen LogP) is 4.09. The molecule has 0 aliphatic rings. The SMILES string of the molecule is C=CCN(c1cccc(C(F)(F)F)c1)S(=O)(=O)c1cccc(C(=O)N(C)Cc2cnn(C)c2)c1. The van der Waals surface area contributed by atoms with Crippen LogP contribution in [0.4, 0.5) is 18.9 Å². The van der Waals surface area contributed by atoms with Crippen molar-refractivity contribution in [2.75, 3.05) is 17.9 Å². The number of carbonyl (C=O) groups excluding carboxylic acids is 1. The number of hydrogen-bond acceptors (Lipinski definition) is 4. The Balaban J connectivity index is 1.94. The van der Waals surface area contributed by atoms with Crippen LogP contribution in [0.15, 0.2) is 78.5 Å². The maximum atomic E-state index is 13.4. The molecular formula is C23H23F3N4O3S. The fourth-order valence-corrected chi connectivity index (χ4v) is 4.81. The molecule has 0 saturated carbocycles. The number of rotatable bonds is 8. The highest BCUT2D eigenvalue weighted by Gasteiger charge is 2.32. The van der Waals surface area contributed by atoms with Crippen molar-refractivity contribution in [2.45, 2.75) is 17.6 Å². The molecule has 2 aromatic carbocycles. The van der Waals surface area contributed by atoms with E-state index in [1.165, 1.54) is 41.3 Å². The van der Waals surface area contributed by atoms with Crippen LogP contribution in [0.2, 0.25) is 0 Å². The van der Waals surface area contributed by atoms with Gasteiger partial charge < -0.3 is 4.90 Å². The van der Waals surface area contributed by atoms with E-state index >= 15 is 0 Å². The van der Waals surface area contributed by atoms with Gasteiger partial charge in [0.05, 0.1) is 28.9 Å². The van der Waals surface area contributed by atoms with E-state index in [0.29, 0.717) is 0 Å². The number of aromatic nitrogens is 2. The smallest absolute Gasteiger partial charge is 0.337 e. The Morgan fingerprint density at radius 2 is 1.88 bits per heavy atom. The van der Waals surface area contributed by atoms with Crippen molar-refractivity contribution in [3.8, 4) is 0 Å². The Hall–Kier alpha value is -3.60. The fourth-order valence-electron chi connectivity index (χ4n) is 3.33. The van der Waals surface area contributed by atoms with Crippen LogP contribution >= 0.6 is 0 Å². The summed E-state index contributed by atoms with van der Waals surface area (Å²) in [5.74, 6) is -0.421. The molecule has 1 aromatic heterocycles. The zero-order valence-electron chi connectivity index (χ0n) is 18.5. The van der Waals surface area contributed by atoms with E-state index in [-0.39, 0.29) is 29.2 Å². The van der Waals surface area contributed by atoms with Gasteiger partial charge >= 0.3 is 6.18 Å². The maximum Gasteiger partial charge on any atom is 0.416 e. The molecule has 1 amide bonds. The molecule has 0 aliphatic carbocycles. The number of carbonyl (C=O) groups is 1. The van der Waals surface area contributed by atoms with Gasteiger partial charge in [0.1, 0.15) is 0 Å². The molecule has 34 heavy (non-hydrogen) atoms. The normalized spacial score (nSPS) is 11.8.